The Kier molecular flexibility index (Phi) is 4.65. The number of likely N-dealkylation sites (tertiary alicyclic amines) is 1. The summed E-state index contributed by atoms with van der Waals surface area (Å²) in [6.07, 6.45) is 4.44. The summed E-state index contributed by atoms with van der Waals surface area (Å²) in [5.74, 6) is 1.37. The van der Waals surface area contributed by atoms with E-state index < -0.39 is 0 Å². The third kappa shape index (κ3) is 3.55. The van der Waals surface area contributed by atoms with Crippen LogP contribution < -0.4 is 4.74 Å². The molecule has 1 atom stereocenters. The average Bonchev–Trinajstić information content (AvgIpc) is 3.02. The highest BCUT2D eigenvalue weighted by Gasteiger charge is 2.26. The molecule has 1 aliphatic heterocycles. The molecule has 1 N–H and O–H groups in total. The zero-order valence-corrected chi connectivity index (χ0v) is 13.7. The second kappa shape index (κ2) is 6.86. The minimum absolute atomic E-state index is 0.192. The Bertz CT molecular complexity index is 663. The van der Waals surface area contributed by atoms with Gasteiger partial charge in [-0.1, -0.05) is 12.1 Å². The van der Waals surface area contributed by atoms with Gasteiger partial charge in [0.1, 0.15) is 5.75 Å². The van der Waals surface area contributed by atoms with Crippen molar-refractivity contribution in [3.8, 4) is 5.75 Å². The molecule has 0 radical (unpaired) electrons. The first-order valence-electron chi connectivity index (χ1n) is 8.08. The number of benzene rings is 1. The summed E-state index contributed by atoms with van der Waals surface area (Å²) in [6, 6.07) is 7.71. The van der Waals surface area contributed by atoms with E-state index in [2.05, 4.69) is 17.1 Å². The number of aromatic amines is 1. The zero-order valence-electron chi connectivity index (χ0n) is 13.7. The number of nitrogens with zero attached hydrogens (tertiary/aromatic N) is 2. The molecule has 0 spiro atoms. The Morgan fingerprint density at radius 2 is 2.17 bits per heavy atom. The maximum atomic E-state index is 12.6. The number of carbonyl (C=O) groups is 1. The van der Waals surface area contributed by atoms with E-state index in [-0.39, 0.29) is 5.91 Å². The van der Waals surface area contributed by atoms with Gasteiger partial charge in [0, 0.05) is 24.7 Å². The zero-order chi connectivity index (χ0) is 16.2. The van der Waals surface area contributed by atoms with Gasteiger partial charge in [-0.3, -0.25) is 9.89 Å². The van der Waals surface area contributed by atoms with Gasteiger partial charge in [0.25, 0.3) is 0 Å². The van der Waals surface area contributed by atoms with Crippen molar-refractivity contribution in [1.82, 2.24) is 15.1 Å². The van der Waals surface area contributed by atoms with Crippen LogP contribution in [-0.2, 0) is 11.2 Å². The standard InChI is InChI=1S/C18H23N3O2/c1-13-11-19-20-18(13)15-4-3-9-21(12-15)17(22)10-14-5-7-16(23-2)8-6-14/h5-8,11,15H,3-4,9-10,12H2,1-2H3,(H,19,20)/t15-/m0/s1. The molecule has 1 aromatic heterocycles. The van der Waals surface area contributed by atoms with Gasteiger partial charge in [-0.25, -0.2) is 0 Å². The number of carbonyl (C=O) groups excluding carboxylic acids is 1. The van der Waals surface area contributed by atoms with Crippen molar-refractivity contribution in [2.45, 2.75) is 32.1 Å². The predicted molar refractivity (Wildman–Crippen MR) is 88.6 cm³/mol. The Balaban J connectivity index is 1.63. The number of ether oxygens (including phenoxy) is 1. The molecule has 122 valence electrons. The molecule has 3 rings (SSSR count). The van der Waals surface area contributed by atoms with Crippen LogP contribution in [0, 0.1) is 6.92 Å². The quantitative estimate of drug-likeness (QED) is 0.944. The van der Waals surface area contributed by atoms with E-state index in [0.717, 1.165) is 37.2 Å². The van der Waals surface area contributed by atoms with Crippen LogP contribution in [0.2, 0.25) is 0 Å². The maximum Gasteiger partial charge on any atom is 0.227 e. The van der Waals surface area contributed by atoms with Crippen LogP contribution in [0.15, 0.2) is 30.5 Å². The van der Waals surface area contributed by atoms with Gasteiger partial charge in [-0.2, -0.15) is 5.10 Å². The van der Waals surface area contributed by atoms with Crippen molar-refractivity contribution in [3.05, 3.63) is 47.3 Å². The van der Waals surface area contributed by atoms with E-state index in [1.165, 1.54) is 11.3 Å². The third-order valence-electron chi connectivity index (χ3n) is 4.56. The molecule has 5 nitrogen and oxygen atoms in total. The number of aromatic nitrogens is 2. The molecule has 2 heterocycles. The number of amides is 1. The number of H-pyrrole nitrogens is 1. The highest BCUT2D eigenvalue weighted by atomic mass is 16.5. The van der Waals surface area contributed by atoms with Gasteiger partial charge >= 0.3 is 0 Å². The van der Waals surface area contributed by atoms with Crippen molar-refractivity contribution in [3.63, 3.8) is 0 Å². The molecule has 0 unspecified atom stereocenters. The lowest BCUT2D eigenvalue weighted by Gasteiger charge is -2.32. The van der Waals surface area contributed by atoms with Crippen LogP contribution in [0.5, 0.6) is 5.75 Å². The molecule has 1 aromatic carbocycles. The fourth-order valence-electron chi connectivity index (χ4n) is 3.24. The number of nitrogens with one attached hydrogen (secondary N) is 1. The lowest BCUT2D eigenvalue weighted by atomic mass is 9.92. The largest absolute Gasteiger partial charge is 0.497 e. The number of methoxy groups -OCH3 is 1. The molecule has 2 aromatic rings. The van der Waals surface area contributed by atoms with Gasteiger partial charge in [-0.15, -0.1) is 0 Å². The van der Waals surface area contributed by atoms with E-state index >= 15 is 0 Å². The van der Waals surface area contributed by atoms with Crippen molar-refractivity contribution < 1.29 is 9.53 Å². The predicted octanol–water partition coefficient (Wildman–Crippen LogP) is 2.68. The van der Waals surface area contributed by atoms with Gasteiger partial charge < -0.3 is 9.64 Å². The van der Waals surface area contributed by atoms with E-state index in [1.807, 2.05) is 35.4 Å². The van der Waals surface area contributed by atoms with Crippen molar-refractivity contribution in [2.75, 3.05) is 20.2 Å². The summed E-state index contributed by atoms with van der Waals surface area (Å²) in [7, 11) is 1.64. The third-order valence-corrected chi connectivity index (χ3v) is 4.56. The van der Waals surface area contributed by atoms with Crippen molar-refractivity contribution >= 4 is 5.91 Å². The van der Waals surface area contributed by atoms with E-state index in [9.17, 15) is 4.79 Å². The second-order valence-electron chi connectivity index (χ2n) is 6.17. The van der Waals surface area contributed by atoms with Crippen LogP contribution in [0.25, 0.3) is 0 Å². The highest BCUT2D eigenvalue weighted by molar-refractivity contribution is 5.79. The fraction of sp³-hybridized carbons (Fsp3) is 0.444. The topological polar surface area (TPSA) is 58.2 Å². The van der Waals surface area contributed by atoms with Crippen molar-refractivity contribution in [1.29, 1.82) is 0 Å². The van der Waals surface area contributed by atoms with Crippen LogP contribution in [0.1, 0.15) is 35.6 Å². The minimum Gasteiger partial charge on any atom is -0.497 e. The Labute approximate surface area is 136 Å². The molecule has 23 heavy (non-hydrogen) atoms. The second-order valence-corrected chi connectivity index (χ2v) is 6.17. The van der Waals surface area contributed by atoms with E-state index in [0.29, 0.717) is 12.3 Å². The molecule has 1 saturated heterocycles. The number of hydrogen-bond donors (Lipinski definition) is 1. The first-order valence-corrected chi connectivity index (χ1v) is 8.08. The van der Waals surface area contributed by atoms with Crippen LogP contribution >= 0.6 is 0 Å². The maximum absolute atomic E-state index is 12.6. The summed E-state index contributed by atoms with van der Waals surface area (Å²) in [6.45, 7) is 3.69. The van der Waals surface area contributed by atoms with Gasteiger partial charge in [0.15, 0.2) is 0 Å². The summed E-state index contributed by atoms with van der Waals surface area (Å²) in [5, 5.41) is 7.21. The monoisotopic (exact) mass is 313 g/mol. The summed E-state index contributed by atoms with van der Waals surface area (Å²) in [5.41, 5.74) is 3.38. The van der Waals surface area contributed by atoms with E-state index in [4.69, 9.17) is 4.74 Å². The Hall–Kier alpha value is -2.30. The molecular weight excluding hydrogens is 290 g/mol. The molecule has 0 aliphatic carbocycles. The van der Waals surface area contributed by atoms with Crippen LogP contribution in [0.4, 0.5) is 0 Å². The van der Waals surface area contributed by atoms with Gasteiger partial charge in [-0.05, 0) is 43.0 Å². The van der Waals surface area contributed by atoms with Crippen LogP contribution in [0.3, 0.4) is 0 Å². The summed E-state index contributed by atoms with van der Waals surface area (Å²) in [4.78, 5) is 14.6. The Morgan fingerprint density at radius 1 is 1.39 bits per heavy atom. The SMILES string of the molecule is COc1ccc(CC(=O)N2CCC[C@H](c3[nH]ncc3C)C2)cc1. The molecule has 1 amide bonds. The smallest absolute Gasteiger partial charge is 0.227 e. The minimum atomic E-state index is 0.192. The molecule has 1 fully saturated rings. The van der Waals surface area contributed by atoms with Gasteiger partial charge in [0.05, 0.1) is 19.7 Å². The average molecular weight is 313 g/mol. The normalized spacial score (nSPS) is 18.0. The van der Waals surface area contributed by atoms with E-state index in [1.54, 1.807) is 7.11 Å². The Morgan fingerprint density at radius 3 is 2.83 bits per heavy atom. The number of rotatable bonds is 4. The first kappa shape index (κ1) is 15.6. The highest BCUT2D eigenvalue weighted by Crippen LogP contribution is 2.27. The first-order chi connectivity index (χ1) is 11.2. The summed E-state index contributed by atoms with van der Waals surface area (Å²) >= 11 is 0. The molecule has 0 bridgehead atoms. The fourth-order valence-corrected chi connectivity index (χ4v) is 3.24. The molecular formula is C18H23N3O2. The number of hydrogen-bond acceptors (Lipinski definition) is 3. The molecule has 0 saturated carbocycles. The lowest BCUT2D eigenvalue weighted by molar-refractivity contribution is -0.131. The van der Waals surface area contributed by atoms with Gasteiger partial charge in [0.2, 0.25) is 5.91 Å². The van der Waals surface area contributed by atoms with Crippen LogP contribution in [-0.4, -0.2) is 41.2 Å². The molecule has 5 heteroatoms. The number of aryl methyl sites for hydroxylation is 1. The lowest BCUT2D eigenvalue weighted by Crippen LogP contribution is -2.40. The molecule has 1 aliphatic rings. The number of piperidine rings is 1. The summed E-state index contributed by atoms with van der Waals surface area (Å²) < 4.78 is 5.15. The van der Waals surface area contributed by atoms with Crippen molar-refractivity contribution in [2.24, 2.45) is 0 Å².